The summed E-state index contributed by atoms with van der Waals surface area (Å²) < 4.78 is 4.99. The monoisotopic (exact) mass is 204 g/mol. The number of rotatable bonds is 8. The Kier molecular flexibility index (Phi) is 8.51. The van der Waals surface area contributed by atoms with Gasteiger partial charge in [0.15, 0.2) is 0 Å². The fourth-order valence-corrected chi connectivity index (χ4v) is 0.986. The topological polar surface area (TPSA) is 70.6 Å². The van der Waals surface area contributed by atoms with Crippen LogP contribution >= 0.6 is 0 Å². The molecule has 1 amide bonds. The van der Waals surface area contributed by atoms with E-state index in [0.29, 0.717) is 26.3 Å². The van der Waals surface area contributed by atoms with Gasteiger partial charge < -0.3 is 20.5 Å². The molecule has 5 heteroatoms. The average Bonchev–Trinajstić information content (AvgIpc) is 2.17. The predicted molar refractivity (Wildman–Crippen MR) is 54.0 cm³/mol. The number of carbonyl (C=O) groups excluding carboxylic acids is 1. The van der Waals surface area contributed by atoms with Crippen LogP contribution in [0, 0.1) is 5.92 Å². The molecule has 14 heavy (non-hydrogen) atoms. The van der Waals surface area contributed by atoms with E-state index in [-0.39, 0.29) is 18.4 Å². The molecular formula is C9H20N2O3. The first-order valence-electron chi connectivity index (χ1n) is 4.83. The van der Waals surface area contributed by atoms with Crippen LogP contribution in [-0.4, -0.2) is 51.0 Å². The van der Waals surface area contributed by atoms with Crippen molar-refractivity contribution >= 4 is 5.91 Å². The van der Waals surface area contributed by atoms with Crippen molar-refractivity contribution in [3.8, 4) is 0 Å². The summed E-state index contributed by atoms with van der Waals surface area (Å²) >= 11 is 0. The summed E-state index contributed by atoms with van der Waals surface area (Å²) in [7, 11) is 1.81. The van der Waals surface area contributed by atoms with Crippen molar-refractivity contribution in [3.63, 3.8) is 0 Å². The lowest BCUT2D eigenvalue weighted by molar-refractivity contribution is -0.124. The van der Waals surface area contributed by atoms with Crippen molar-refractivity contribution in [2.75, 3.05) is 40.0 Å². The molecule has 0 saturated heterocycles. The summed E-state index contributed by atoms with van der Waals surface area (Å²) in [6.45, 7) is 3.81. The molecule has 0 aliphatic heterocycles. The van der Waals surface area contributed by atoms with Crippen molar-refractivity contribution < 1.29 is 14.6 Å². The molecule has 0 fully saturated rings. The molecule has 5 nitrogen and oxygen atoms in total. The summed E-state index contributed by atoms with van der Waals surface area (Å²) in [6.07, 6.45) is 0. The van der Waals surface area contributed by atoms with Crippen LogP contribution in [0.5, 0.6) is 0 Å². The minimum Gasteiger partial charge on any atom is -0.394 e. The second-order valence-electron chi connectivity index (χ2n) is 3.09. The van der Waals surface area contributed by atoms with E-state index >= 15 is 0 Å². The Bertz CT molecular complexity index is 153. The Morgan fingerprint density at radius 1 is 1.50 bits per heavy atom. The van der Waals surface area contributed by atoms with E-state index in [9.17, 15) is 4.79 Å². The first-order valence-corrected chi connectivity index (χ1v) is 4.83. The largest absolute Gasteiger partial charge is 0.394 e. The summed E-state index contributed by atoms with van der Waals surface area (Å²) in [4.78, 5) is 11.3. The standard InChI is InChI=1S/C9H20N2O3/c1-8(7-10-2)9(13)11-3-5-14-6-4-12/h8,10,12H,3-7H2,1-2H3,(H,11,13). The molecule has 0 aliphatic carbocycles. The molecule has 0 saturated carbocycles. The van der Waals surface area contributed by atoms with E-state index in [0.717, 1.165) is 0 Å². The zero-order chi connectivity index (χ0) is 10.8. The van der Waals surface area contributed by atoms with Crippen LogP contribution in [-0.2, 0) is 9.53 Å². The normalized spacial score (nSPS) is 12.5. The number of ether oxygens (including phenoxy) is 1. The molecule has 84 valence electrons. The maximum absolute atomic E-state index is 11.3. The smallest absolute Gasteiger partial charge is 0.224 e. The SMILES string of the molecule is CNCC(C)C(=O)NCCOCCO. The average molecular weight is 204 g/mol. The number of aliphatic hydroxyl groups excluding tert-OH is 1. The van der Waals surface area contributed by atoms with Crippen molar-refractivity contribution in [3.05, 3.63) is 0 Å². The van der Waals surface area contributed by atoms with Crippen LogP contribution in [0.2, 0.25) is 0 Å². The fraction of sp³-hybridized carbons (Fsp3) is 0.889. The maximum Gasteiger partial charge on any atom is 0.224 e. The first kappa shape index (κ1) is 13.4. The third-order valence-corrected chi connectivity index (χ3v) is 1.74. The van der Waals surface area contributed by atoms with E-state index in [1.54, 1.807) is 0 Å². The van der Waals surface area contributed by atoms with Gasteiger partial charge in [0.1, 0.15) is 0 Å². The van der Waals surface area contributed by atoms with Gasteiger partial charge in [0, 0.05) is 19.0 Å². The molecule has 1 atom stereocenters. The van der Waals surface area contributed by atoms with E-state index in [1.165, 1.54) is 0 Å². The molecule has 0 radical (unpaired) electrons. The summed E-state index contributed by atoms with van der Waals surface area (Å²) in [6, 6.07) is 0. The number of hydrogen-bond acceptors (Lipinski definition) is 4. The number of amides is 1. The van der Waals surface area contributed by atoms with Gasteiger partial charge in [-0.15, -0.1) is 0 Å². The minimum absolute atomic E-state index is 0.0180. The Balaban J connectivity index is 3.34. The van der Waals surface area contributed by atoms with Gasteiger partial charge in [-0.3, -0.25) is 4.79 Å². The molecule has 0 rings (SSSR count). The Hall–Kier alpha value is -0.650. The number of carbonyl (C=O) groups is 1. The van der Waals surface area contributed by atoms with Gasteiger partial charge in [-0.2, -0.15) is 0 Å². The van der Waals surface area contributed by atoms with Crippen LogP contribution in [0.15, 0.2) is 0 Å². The Morgan fingerprint density at radius 2 is 2.21 bits per heavy atom. The van der Waals surface area contributed by atoms with Crippen molar-refractivity contribution in [2.24, 2.45) is 5.92 Å². The number of hydrogen-bond donors (Lipinski definition) is 3. The minimum atomic E-state index is -0.0298. The van der Waals surface area contributed by atoms with Gasteiger partial charge in [-0.05, 0) is 7.05 Å². The van der Waals surface area contributed by atoms with Crippen LogP contribution in [0.3, 0.4) is 0 Å². The second kappa shape index (κ2) is 8.93. The molecule has 0 aromatic heterocycles. The highest BCUT2D eigenvalue weighted by Crippen LogP contribution is 1.90. The lowest BCUT2D eigenvalue weighted by atomic mass is 10.1. The van der Waals surface area contributed by atoms with E-state index < -0.39 is 0 Å². The fourth-order valence-electron chi connectivity index (χ4n) is 0.986. The lowest BCUT2D eigenvalue weighted by Crippen LogP contribution is -2.36. The van der Waals surface area contributed by atoms with Crippen LogP contribution in [0.25, 0.3) is 0 Å². The third kappa shape index (κ3) is 6.82. The highest BCUT2D eigenvalue weighted by Gasteiger charge is 2.09. The second-order valence-corrected chi connectivity index (χ2v) is 3.09. The quantitative estimate of drug-likeness (QED) is 0.442. The predicted octanol–water partition coefficient (Wildman–Crippen LogP) is -1.03. The molecule has 0 spiro atoms. The lowest BCUT2D eigenvalue weighted by Gasteiger charge is -2.11. The van der Waals surface area contributed by atoms with E-state index in [4.69, 9.17) is 9.84 Å². The molecule has 0 aromatic carbocycles. The molecule has 0 aliphatic rings. The van der Waals surface area contributed by atoms with Gasteiger partial charge in [0.2, 0.25) is 5.91 Å². The van der Waals surface area contributed by atoms with Gasteiger partial charge in [-0.1, -0.05) is 6.92 Å². The van der Waals surface area contributed by atoms with Gasteiger partial charge in [0.25, 0.3) is 0 Å². The summed E-state index contributed by atoms with van der Waals surface area (Å²) in [5.41, 5.74) is 0. The summed E-state index contributed by atoms with van der Waals surface area (Å²) in [5.74, 6) is -0.00945. The van der Waals surface area contributed by atoms with Crippen LogP contribution in [0.4, 0.5) is 0 Å². The van der Waals surface area contributed by atoms with Gasteiger partial charge in [-0.25, -0.2) is 0 Å². The van der Waals surface area contributed by atoms with Gasteiger partial charge in [0.05, 0.1) is 19.8 Å². The van der Waals surface area contributed by atoms with Gasteiger partial charge >= 0.3 is 0 Å². The number of aliphatic hydroxyl groups is 1. The van der Waals surface area contributed by atoms with E-state index in [1.807, 2.05) is 14.0 Å². The molecule has 3 N–H and O–H groups in total. The maximum atomic E-state index is 11.3. The van der Waals surface area contributed by atoms with Crippen molar-refractivity contribution in [2.45, 2.75) is 6.92 Å². The van der Waals surface area contributed by atoms with E-state index in [2.05, 4.69) is 10.6 Å². The molecule has 0 heterocycles. The molecule has 0 bridgehead atoms. The van der Waals surface area contributed by atoms with Crippen molar-refractivity contribution in [1.29, 1.82) is 0 Å². The third-order valence-electron chi connectivity index (χ3n) is 1.74. The first-order chi connectivity index (χ1) is 6.72. The Morgan fingerprint density at radius 3 is 2.79 bits per heavy atom. The molecule has 0 aromatic rings. The van der Waals surface area contributed by atoms with Crippen LogP contribution in [0.1, 0.15) is 6.92 Å². The molecule has 1 unspecified atom stereocenters. The van der Waals surface area contributed by atoms with Crippen LogP contribution < -0.4 is 10.6 Å². The number of nitrogens with one attached hydrogen (secondary N) is 2. The summed E-state index contributed by atoms with van der Waals surface area (Å²) in [5, 5.41) is 14.1. The molecular weight excluding hydrogens is 184 g/mol. The zero-order valence-electron chi connectivity index (χ0n) is 8.88. The Labute approximate surface area is 84.8 Å². The highest BCUT2D eigenvalue weighted by molar-refractivity contribution is 5.78. The zero-order valence-corrected chi connectivity index (χ0v) is 8.88. The van der Waals surface area contributed by atoms with Crippen molar-refractivity contribution in [1.82, 2.24) is 10.6 Å². The highest BCUT2D eigenvalue weighted by atomic mass is 16.5.